The average Bonchev–Trinajstić information content (AvgIpc) is 3.53. The van der Waals surface area contributed by atoms with Gasteiger partial charge in [0.15, 0.2) is 0 Å². The first kappa shape index (κ1) is 19.7. The maximum Gasteiger partial charge on any atom is 0.277 e. The van der Waals surface area contributed by atoms with Crippen LogP contribution < -0.4 is 5.56 Å². The number of nitrogens with zero attached hydrogens (tertiary/aromatic N) is 6. The highest BCUT2D eigenvalue weighted by molar-refractivity contribution is 6.32. The number of ether oxygens (including phenoxy) is 2. The molecule has 1 atom stereocenters. The van der Waals surface area contributed by atoms with Crippen molar-refractivity contribution in [2.75, 3.05) is 26.9 Å². The number of nitriles is 1. The van der Waals surface area contributed by atoms with E-state index in [0.29, 0.717) is 35.8 Å². The molecule has 1 saturated heterocycles. The number of imidazole rings is 1. The van der Waals surface area contributed by atoms with Crippen molar-refractivity contribution in [2.24, 2.45) is 0 Å². The fourth-order valence-electron chi connectivity index (χ4n) is 3.88. The van der Waals surface area contributed by atoms with Crippen molar-refractivity contribution in [1.82, 2.24) is 24.1 Å². The first-order chi connectivity index (χ1) is 15.1. The van der Waals surface area contributed by atoms with E-state index < -0.39 is 0 Å². The van der Waals surface area contributed by atoms with Gasteiger partial charge in [-0.1, -0.05) is 16.8 Å². The van der Waals surface area contributed by atoms with Gasteiger partial charge in [0, 0.05) is 20.3 Å². The molecule has 0 spiro atoms. The molecule has 1 fully saturated rings. The Kier molecular flexibility index (Phi) is 4.94. The molecule has 3 aromatic heterocycles. The summed E-state index contributed by atoms with van der Waals surface area (Å²) in [6.07, 6.45) is 2.32. The van der Waals surface area contributed by atoms with Gasteiger partial charge in [0.1, 0.15) is 23.6 Å². The third-order valence-electron chi connectivity index (χ3n) is 5.41. The number of rotatable bonds is 5. The van der Waals surface area contributed by atoms with Gasteiger partial charge in [-0.05, 0) is 18.6 Å². The Morgan fingerprint density at radius 1 is 1.39 bits per heavy atom. The third-order valence-corrected chi connectivity index (χ3v) is 5.73. The molecular formula is C20H17ClN6O4. The molecular weight excluding hydrogens is 424 g/mol. The number of hydrogen-bond acceptors (Lipinski definition) is 8. The normalized spacial score (nSPS) is 16.4. The Morgan fingerprint density at radius 2 is 2.26 bits per heavy atom. The second-order valence-corrected chi connectivity index (χ2v) is 7.59. The summed E-state index contributed by atoms with van der Waals surface area (Å²) in [4.78, 5) is 22.4. The van der Waals surface area contributed by atoms with E-state index in [1.807, 2.05) is 0 Å². The van der Waals surface area contributed by atoms with E-state index in [1.54, 1.807) is 23.6 Å². The second kappa shape index (κ2) is 7.77. The minimum Gasteiger partial charge on any atom is -0.383 e. The molecule has 4 aromatic rings. The van der Waals surface area contributed by atoms with Crippen LogP contribution in [0.4, 0.5) is 0 Å². The molecule has 1 aromatic carbocycles. The number of halogens is 1. The number of aromatic nitrogens is 5. The lowest BCUT2D eigenvalue weighted by atomic mass is 10.1. The number of methoxy groups -OCH3 is 1. The average molecular weight is 441 g/mol. The van der Waals surface area contributed by atoms with Crippen LogP contribution in [0.15, 0.2) is 27.8 Å². The summed E-state index contributed by atoms with van der Waals surface area (Å²) in [7, 11) is 1.54. The van der Waals surface area contributed by atoms with E-state index >= 15 is 0 Å². The SMILES string of the molecule is COCCn1c(=O)c2c(-c3noc(C4CCOC4)n3)ncn2c2ccc(Cl)c(C#N)c21. The van der Waals surface area contributed by atoms with Crippen LogP contribution in [0, 0.1) is 11.3 Å². The maximum atomic E-state index is 13.5. The van der Waals surface area contributed by atoms with Gasteiger partial charge in [0.2, 0.25) is 11.7 Å². The van der Waals surface area contributed by atoms with Crippen LogP contribution in [0.5, 0.6) is 0 Å². The minimum atomic E-state index is -0.355. The number of benzene rings is 1. The molecule has 5 rings (SSSR count). The van der Waals surface area contributed by atoms with E-state index in [2.05, 4.69) is 21.2 Å². The lowest BCUT2D eigenvalue weighted by molar-refractivity contribution is 0.187. The van der Waals surface area contributed by atoms with E-state index in [4.69, 9.17) is 25.6 Å². The van der Waals surface area contributed by atoms with Crippen molar-refractivity contribution in [3.05, 3.63) is 45.3 Å². The van der Waals surface area contributed by atoms with Crippen LogP contribution in [-0.4, -0.2) is 51.0 Å². The molecule has 0 amide bonds. The standard InChI is InChI=1S/C20H17ClN6O4/c1-29-7-5-26-16-12(8-22)13(21)2-3-14(16)27-10-23-15(17(27)20(26)28)18-24-19(31-25-18)11-4-6-30-9-11/h2-3,10-11H,4-7,9H2,1H3. The molecule has 1 aliphatic rings. The van der Waals surface area contributed by atoms with Gasteiger partial charge in [-0.3, -0.25) is 9.20 Å². The Labute approximate surface area is 180 Å². The van der Waals surface area contributed by atoms with E-state index in [-0.39, 0.29) is 46.6 Å². The van der Waals surface area contributed by atoms with Crippen molar-refractivity contribution in [3.8, 4) is 17.6 Å². The largest absolute Gasteiger partial charge is 0.383 e. The zero-order chi connectivity index (χ0) is 21.5. The van der Waals surface area contributed by atoms with Gasteiger partial charge in [-0.25, -0.2) is 4.98 Å². The summed E-state index contributed by atoms with van der Waals surface area (Å²) in [6.45, 7) is 1.69. The Morgan fingerprint density at radius 3 is 3.00 bits per heavy atom. The smallest absolute Gasteiger partial charge is 0.277 e. The van der Waals surface area contributed by atoms with Crippen LogP contribution in [0.1, 0.15) is 23.8 Å². The number of fused-ring (bicyclic) bond motifs is 3. The molecule has 4 heterocycles. The predicted molar refractivity (Wildman–Crippen MR) is 110 cm³/mol. The van der Waals surface area contributed by atoms with Crippen molar-refractivity contribution < 1.29 is 14.0 Å². The zero-order valence-electron chi connectivity index (χ0n) is 16.5. The number of hydrogen-bond donors (Lipinski definition) is 0. The molecule has 0 bridgehead atoms. The summed E-state index contributed by atoms with van der Waals surface area (Å²) in [6, 6.07) is 5.47. The molecule has 11 heteroatoms. The zero-order valence-corrected chi connectivity index (χ0v) is 17.3. The molecule has 31 heavy (non-hydrogen) atoms. The highest BCUT2D eigenvalue weighted by Crippen LogP contribution is 2.29. The van der Waals surface area contributed by atoms with Crippen molar-refractivity contribution in [1.29, 1.82) is 5.26 Å². The monoisotopic (exact) mass is 440 g/mol. The molecule has 10 nitrogen and oxygen atoms in total. The second-order valence-electron chi connectivity index (χ2n) is 7.18. The first-order valence-electron chi connectivity index (χ1n) is 9.67. The fourth-order valence-corrected chi connectivity index (χ4v) is 4.08. The highest BCUT2D eigenvalue weighted by Gasteiger charge is 2.27. The first-order valence-corrected chi connectivity index (χ1v) is 10.0. The van der Waals surface area contributed by atoms with Crippen molar-refractivity contribution in [3.63, 3.8) is 0 Å². The molecule has 158 valence electrons. The van der Waals surface area contributed by atoms with Gasteiger partial charge < -0.3 is 18.6 Å². The predicted octanol–water partition coefficient (Wildman–Crippen LogP) is 2.37. The third kappa shape index (κ3) is 3.09. The van der Waals surface area contributed by atoms with Gasteiger partial charge in [-0.15, -0.1) is 0 Å². The van der Waals surface area contributed by atoms with Crippen LogP contribution in [0.2, 0.25) is 5.02 Å². The van der Waals surface area contributed by atoms with Gasteiger partial charge in [-0.2, -0.15) is 10.2 Å². The quantitative estimate of drug-likeness (QED) is 0.463. The molecule has 0 radical (unpaired) electrons. The maximum absolute atomic E-state index is 13.5. The van der Waals surface area contributed by atoms with Gasteiger partial charge in [0.25, 0.3) is 5.56 Å². The molecule has 1 unspecified atom stereocenters. The van der Waals surface area contributed by atoms with Crippen molar-refractivity contribution in [2.45, 2.75) is 18.9 Å². The highest BCUT2D eigenvalue weighted by atomic mass is 35.5. The van der Waals surface area contributed by atoms with Crippen LogP contribution in [-0.2, 0) is 16.0 Å². The molecule has 0 aliphatic carbocycles. The van der Waals surface area contributed by atoms with Crippen LogP contribution in [0.3, 0.4) is 0 Å². The molecule has 1 aliphatic heterocycles. The summed E-state index contributed by atoms with van der Waals surface area (Å²) in [5.41, 5.74) is 1.48. The lowest BCUT2D eigenvalue weighted by Crippen LogP contribution is -2.25. The van der Waals surface area contributed by atoms with Gasteiger partial charge in [0.05, 0.1) is 40.8 Å². The summed E-state index contributed by atoms with van der Waals surface area (Å²) in [5, 5.41) is 14.0. The Hall–Kier alpha value is -3.26. The topological polar surface area (TPSA) is 120 Å². The fraction of sp³-hybridized carbons (Fsp3) is 0.350. The molecule has 0 saturated carbocycles. The van der Waals surface area contributed by atoms with E-state index in [9.17, 15) is 10.1 Å². The Balaban J connectivity index is 1.77. The molecule has 0 N–H and O–H groups in total. The lowest BCUT2D eigenvalue weighted by Gasteiger charge is -2.14. The van der Waals surface area contributed by atoms with E-state index in [1.165, 1.54) is 10.9 Å². The Bertz CT molecular complexity index is 1390. The van der Waals surface area contributed by atoms with Crippen LogP contribution >= 0.6 is 11.6 Å². The van der Waals surface area contributed by atoms with Crippen LogP contribution in [0.25, 0.3) is 28.1 Å². The van der Waals surface area contributed by atoms with E-state index in [0.717, 1.165) is 6.42 Å². The summed E-state index contributed by atoms with van der Waals surface area (Å²) >= 11 is 6.24. The van der Waals surface area contributed by atoms with Gasteiger partial charge >= 0.3 is 0 Å². The minimum absolute atomic E-state index is 0.0367. The summed E-state index contributed by atoms with van der Waals surface area (Å²) in [5.74, 6) is 0.732. The van der Waals surface area contributed by atoms with Crippen molar-refractivity contribution >= 4 is 28.2 Å². The summed E-state index contributed by atoms with van der Waals surface area (Å²) < 4.78 is 19.1.